The molecular weight excluding hydrogens is 406 g/mol. The standard InChI is InChI=1S/C14H18BrN3O3S.ClH/c1-9(19)17-14-3-2-12(4-13(14)15)22(20,21)18-7-10-5-16-6-11(10)8-18;/h2-4,10-11,16H,5-8H2,1H3,(H,17,19);1H/t10-,11+;. The van der Waals surface area contributed by atoms with E-state index >= 15 is 0 Å². The summed E-state index contributed by atoms with van der Waals surface area (Å²) in [6.07, 6.45) is 0. The summed E-state index contributed by atoms with van der Waals surface area (Å²) in [4.78, 5) is 11.4. The molecule has 2 aliphatic heterocycles. The van der Waals surface area contributed by atoms with E-state index in [1.165, 1.54) is 13.0 Å². The minimum absolute atomic E-state index is 0. The van der Waals surface area contributed by atoms with Gasteiger partial charge in [-0.1, -0.05) is 0 Å². The highest BCUT2D eigenvalue weighted by Gasteiger charge is 2.41. The van der Waals surface area contributed by atoms with Crippen molar-refractivity contribution in [2.45, 2.75) is 11.8 Å². The number of sulfonamides is 1. The highest BCUT2D eigenvalue weighted by molar-refractivity contribution is 9.10. The number of hydrogen-bond donors (Lipinski definition) is 2. The molecule has 0 aliphatic carbocycles. The number of amides is 1. The van der Waals surface area contributed by atoms with E-state index in [1.54, 1.807) is 16.4 Å². The second-order valence-corrected chi connectivity index (χ2v) is 8.62. The van der Waals surface area contributed by atoms with Crippen LogP contribution in [0.15, 0.2) is 27.6 Å². The van der Waals surface area contributed by atoms with Gasteiger partial charge in [0.05, 0.1) is 10.6 Å². The van der Waals surface area contributed by atoms with Crippen molar-refractivity contribution in [3.63, 3.8) is 0 Å². The van der Waals surface area contributed by atoms with Crippen LogP contribution < -0.4 is 10.6 Å². The topological polar surface area (TPSA) is 78.5 Å². The maximum Gasteiger partial charge on any atom is 0.243 e. The normalized spacial score (nSPS) is 24.1. The van der Waals surface area contributed by atoms with Crippen LogP contribution in [0.5, 0.6) is 0 Å². The number of nitrogens with one attached hydrogen (secondary N) is 2. The van der Waals surface area contributed by atoms with Crippen molar-refractivity contribution in [3.05, 3.63) is 22.7 Å². The lowest BCUT2D eigenvalue weighted by atomic mass is 10.0. The predicted octanol–water partition coefficient (Wildman–Crippen LogP) is 1.67. The molecule has 0 unspecified atom stereocenters. The van der Waals surface area contributed by atoms with Crippen LogP contribution >= 0.6 is 28.3 Å². The van der Waals surface area contributed by atoms with E-state index in [-0.39, 0.29) is 23.2 Å². The van der Waals surface area contributed by atoms with Gasteiger partial charge in [-0.25, -0.2) is 8.42 Å². The summed E-state index contributed by atoms with van der Waals surface area (Å²) in [5.41, 5.74) is 0.564. The Morgan fingerprint density at radius 1 is 1.30 bits per heavy atom. The molecule has 2 aliphatic rings. The molecule has 0 bridgehead atoms. The van der Waals surface area contributed by atoms with Gasteiger partial charge in [-0.2, -0.15) is 4.31 Å². The molecule has 0 radical (unpaired) electrons. The summed E-state index contributed by atoms with van der Waals surface area (Å²) in [7, 11) is -3.49. The monoisotopic (exact) mass is 423 g/mol. The van der Waals surface area contributed by atoms with Crippen LogP contribution in [0, 0.1) is 11.8 Å². The van der Waals surface area contributed by atoms with E-state index in [9.17, 15) is 13.2 Å². The molecule has 0 spiro atoms. The Kier molecular flexibility index (Phi) is 5.73. The number of hydrogen-bond acceptors (Lipinski definition) is 4. The van der Waals surface area contributed by atoms with Crippen LogP contribution in [0.3, 0.4) is 0 Å². The fraction of sp³-hybridized carbons (Fsp3) is 0.500. The molecule has 1 aromatic carbocycles. The number of halogens is 2. The number of rotatable bonds is 3. The van der Waals surface area contributed by atoms with E-state index in [2.05, 4.69) is 26.6 Å². The van der Waals surface area contributed by atoms with E-state index in [0.29, 0.717) is 35.1 Å². The number of anilines is 1. The van der Waals surface area contributed by atoms with Gasteiger partial charge in [0.1, 0.15) is 0 Å². The van der Waals surface area contributed by atoms with E-state index in [4.69, 9.17) is 0 Å². The first-order chi connectivity index (χ1) is 10.4. The van der Waals surface area contributed by atoms with Gasteiger partial charge in [-0.3, -0.25) is 4.79 Å². The molecule has 23 heavy (non-hydrogen) atoms. The largest absolute Gasteiger partial charge is 0.325 e. The lowest BCUT2D eigenvalue weighted by Gasteiger charge is -2.18. The van der Waals surface area contributed by atoms with Crippen molar-refractivity contribution in [2.24, 2.45) is 11.8 Å². The first kappa shape index (κ1) is 18.7. The third-order valence-corrected chi connectivity index (χ3v) is 6.73. The average molecular weight is 425 g/mol. The SMILES string of the molecule is CC(=O)Nc1ccc(S(=O)(=O)N2C[C@H]3CNC[C@H]3C2)cc1Br.Cl. The molecule has 2 atom stereocenters. The Morgan fingerprint density at radius 2 is 1.91 bits per heavy atom. The predicted molar refractivity (Wildman–Crippen MR) is 94.3 cm³/mol. The maximum absolute atomic E-state index is 12.7. The first-order valence-electron chi connectivity index (χ1n) is 7.16. The second kappa shape index (κ2) is 7.06. The molecule has 0 saturated carbocycles. The van der Waals surface area contributed by atoms with Gasteiger partial charge in [-0.05, 0) is 59.1 Å². The van der Waals surface area contributed by atoms with E-state index < -0.39 is 10.0 Å². The maximum atomic E-state index is 12.7. The van der Waals surface area contributed by atoms with E-state index in [1.807, 2.05) is 0 Å². The lowest BCUT2D eigenvalue weighted by Crippen LogP contribution is -2.32. The summed E-state index contributed by atoms with van der Waals surface area (Å²) < 4.78 is 27.6. The molecule has 1 amide bonds. The number of fused-ring (bicyclic) bond motifs is 1. The number of nitrogens with zero attached hydrogens (tertiary/aromatic N) is 1. The smallest absolute Gasteiger partial charge is 0.243 e. The van der Waals surface area contributed by atoms with Crippen LogP contribution in [0.4, 0.5) is 5.69 Å². The van der Waals surface area contributed by atoms with Gasteiger partial charge in [0.15, 0.2) is 0 Å². The third-order valence-electron chi connectivity index (χ3n) is 4.25. The van der Waals surface area contributed by atoms with Crippen molar-refractivity contribution in [2.75, 3.05) is 31.5 Å². The van der Waals surface area contributed by atoms with Crippen molar-refractivity contribution >= 4 is 50.0 Å². The second-order valence-electron chi connectivity index (χ2n) is 5.82. The van der Waals surface area contributed by atoms with Crippen LogP contribution in [-0.2, 0) is 14.8 Å². The quantitative estimate of drug-likeness (QED) is 0.774. The van der Waals surface area contributed by atoms with Gasteiger partial charge >= 0.3 is 0 Å². The molecule has 6 nitrogen and oxygen atoms in total. The van der Waals surface area contributed by atoms with Gasteiger partial charge in [-0.15, -0.1) is 12.4 Å². The number of benzene rings is 1. The zero-order valence-electron chi connectivity index (χ0n) is 12.6. The third kappa shape index (κ3) is 3.71. The zero-order valence-corrected chi connectivity index (χ0v) is 15.8. The van der Waals surface area contributed by atoms with Crippen LogP contribution in [0.25, 0.3) is 0 Å². The molecule has 2 fully saturated rings. The number of carbonyl (C=O) groups is 1. The molecular formula is C14H19BrClN3O3S. The summed E-state index contributed by atoms with van der Waals surface area (Å²) >= 11 is 3.32. The summed E-state index contributed by atoms with van der Waals surface area (Å²) in [5, 5.41) is 5.95. The van der Waals surface area contributed by atoms with Crippen molar-refractivity contribution in [1.82, 2.24) is 9.62 Å². The van der Waals surface area contributed by atoms with Crippen LogP contribution in [0.1, 0.15) is 6.92 Å². The fourth-order valence-corrected chi connectivity index (χ4v) is 5.31. The Bertz CT molecular complexity index is 701. The fourth-order valence-electron chi connectivity index (χ4n) is 3.10. The Balaban J connectivity index is 0.00000192. The molecule has 3 rings (SSSR count). The lowest BCUT2D eigenvalue weighted by molar-refractivity contribution is -0.114. The molecule has 128 valence electrons. The molecule has 9 heteroatoms. The van der Waals surface area contributed by atoms with Gasteiger partial charge in [0.2, 0.25) is 15.9 Å². The Morgan fingerprint density at radius 3 is 2.43 bits per heavy atom. The number of carbonyl (C=O) groups excluding carboxylic acids is 1. The molecule has 2 saturated heterocycles. The summed E-state index contributed by atoms with van der Waals surface area (Å²) in [6, 6.07) is 4.70. The van der Waals surface area contributed by atoms with Crippen LogP contribution in [0.2, 0.25) is 0 Å². The van der Waals surface area contributed by atoms with Crippen LogP contribution in [-0.4, -0.2) is 44.8 Å². The Hall–Kier alpha value is -0.670. The highest BCUT2D eigenvalue weighted by Crippen LogP contribution is 2.33. The minimum Gasteiger partial charge on any atom is -0.325 e. The van der Waals surface area contributed by atoms with E-state index in [0.717, 1.165) is 13.1 Å². The van der Waals surface area contributed by atoms with Crippen molar-refractivity contribution in [3.8, 4) is 0 Å². The average Bonchev–Trinajstić information content (AvgIpc) is 3.01. The zero-order chi connectivity index (χ0) is 15.9. The van der Waals surface area contributed by atoms with Gasteiger partial charge < -0.3 is 10.6 Å². The first-order valence-corrected chi connectivity index (χ1v) is 9.39. The molecule has 0 aromatic heterocycles. The minimum atomic E-state index is -3.49. The Labute approximate surface area is 150 Å². The van der Waals surface area contributed by atoms with Crippen molar-refractivity contribution < 1.29 is 13.2 Å². The molecule has 2 N–H and O–H groups in total. The summed E-state index contributed by atoms with van der Waals surface area (Å²) in [5.74, 6) is 0.630. The van der Waals surface area contributed by atoms with Gasteiger partial charge in [0, 0.05) is 24.5 Å². The molecule has 1 aromatic rings. The highest BCUT2D eigenvalue weighted by atomic mass is 79.9. The van der Waals surface area contributed by atoms with Gasteiger partial charge in [0.25, 0.3) is 0 Å². The van der Waals surface area contributed by atoms with Crippen molar-refractivity contribution in [1.29, 1.82) is 0 Å². The molecule has 2 heterocycles. The summed E-state index contributed by atoms with van der Waals surface area (Å²) in [6.45, 7) is 4.34.